The summed E-state index contributed by atoms with van der Waals surface area (Å²) in [5.41, 5.74) is 2.59. The van der Waals surface area contributed by atoms with Crippen molar-refractivity contribution in [3.05, 3.63) is 11.6 Å². The number of hydrogen-bond acceptors (Lipinski definition) is 5. The number of oxime groups is 1. The molecule has 6 aliphatic rings. The summed E-state index contributed by atoms with van der Waals surface area (Å²) in [4.78, 5) is 32.3. The summed E-state index contributed by atoms with van der Waals surface area (Å²) >= 11 is 0. The van der Waals surface area contributed by atoms with Gasteiger partial charge in [-0.05, 0) is 106 Å². The average Bonchev–Trinajstić information content (AvgIpc) is 3.58. The highest BCUT2D eigenvalue weighted by atomic mass is 19.3. The molecule has 0 aromatic rings. The van der Waals surface area contributed by atoms with E-state index in [4.69, 9.17) is 4.84 Å². The molecule has 6 nitrogen and oxygen atoms in total. The molecule has 1 saturated heterocycles. The van der Waals surface area contributed by atoms with Crippen LogP contribution >= 0.6 is 0 Å². The predicted molar refractivity (Wildman–Crippen MR) is 145 cm³/mol. The molecule has 1 aliphatic heterocycles. The van der Waals surface area contributed by atoms with Crippen molar-refractivity contribution in [1.82, 2.24) is 10.2 Å². The van der Waals surface area contributed by atoms with Crippen molar-refractivity contribution >= 4 is 17.6 Å². The van der Waals surface area contributed by atoms with Gasteiger partial charge in [0.05, 0.1) is 11.8 Å². The van der Waals surface area contributed by atoms with Gasteiger partial charge in [-0.2, -0.15) is 0 Å². The largest absolute Gasteiger partial charge is 0.436 e. The number of nitrogens with zero attached hydrogens (tertiary/aromatic N) is 2. The Morgan fingerprint density at radius 1 is 1.08 bits per heavy atom. The van der Waals surface area contributed by atoms with Gasteiger partial charge in [0.25, 0.3) is 5.92 Å². The molecule has 0 aromatic heterocycles. The van der Waals surface area contributed by atoms with Gasteiger partial charge >= 0.3 is 6.09 Å². The van der Waals surface area contributed by atoms with Gasteiger partial charge in [0.1, 0.15) is 0 Å². The minimum atomic E-state index is -2.72. The lowest BCUT2D eigenvalue weighted by Gasteiger charge is -2.58. The van der Waals surface area contributed by atoms with E-state index in [2.05, 4.69) is 24.3 Å². The Kier molecular flexibility index (Phi) is 6.95. The molecule has 39 heavy (non-hydrogen) atoms. The molecule has 8 heteroatoms. The molecule has 4 saturated carbocycles. The predicted octanol–water partition coefficient (Wildman–Crippen LogP) is 6.50. The molecule has 1 unspecified atom stereocenters. The summed E-state index contributed by atoms with van der Waals surface area (Å²) in [6.07, 6.45) is 11.8. The standard InChI is InChI=1S/C31H45F2N3O3/c1-19(35-39-28(38)36(21-5-6-21)17-12-27-31(32,33)15-16-34-27)24-8-9-25-23-7-4-20-18-22(37)10-13-29(20,2)26(23)11-14-30(24,25)3/h18,21,23-27,34H,4-17H2,1-3H3/b35-19+/t23-,24+,25-,26-,27?,29-,30+/m0/s1. The Hall–Kier alpha value is -1.83. The van der Waals surface area contributed by atoms with Crippen LogP contribution in [-0.4, -0.2) is 53.6 Å². The van der Waals surface area contributed by atoms with E-state index in [1.807, 2.05) is 13.0 Å². The highest BCUT2D eigenvalue weighted by Crippen LogP contribution is 2.66. The molecule has 5 fully saturated rings. The highest BCUT2D eigenvalue weighted by Gasteiger charge is 2.59. The van der Waals surface area contributed by atoms with Gasteiger partial charge in [-0.15, -0.1) is 0 Å². The zero-order chi connectivity index (χ0) is 27.6. The Morgan fingerprint density at radius 3 is 2.59 bits per heavy atom. The summed E-state index contributed by atoms with van der Waals surface area (Å²) in [5, 5.41) is 7.27. The van der Waals surface area contributed by atoms with Gasteiger partial charge in [0.15, 0.2) is 5.78 Å². The minimum absolute atomic E-state index is 0.0772. The average molecular weight is 546 g/mol. The Labute approximate surface area is 231 Å². The molecule has 216 valence electrons. The summed E-state index contributed by atoms with van der Waals surface area (Å²) in [6, 6.07) is -0.807. The summed E-state index contributed by atoms with van der Waals surface area (Å²) in [6.45, 7) is 7.42. The molecule has 6 rings (SSSR count). The van der Waals surface area contributed by atoms with Crippen LogP contribution in [0, 0.1) is 34.5 Å². The van der Waals surface area contributed by atoms with Crippen molar-refractivity contribution in [2.75, 3.05) is 13.1 Å². The maximum Gasteiger partial charge on any atom is 0.436 e. The van der Waals surface area contributed by atoms with Crippen molar-refractivity contribution in [3.63, 3.8) is 0 Å². The molecule has 0 radical (unpaired) electrons. The van der Waals surface area contributed by atoms with E-state index < -0.39 is 18.1 Å². The van der Waals surface area contributed by atoms with Gasteiger partial charge in [0, 0.05) is 37.9 Å². The zero-order valence-electron chi connectivity index (χ0n) is 23.8. The van der Waals surface area contributed by atoms with E-state index in [0.29, 0.717) is 36.5 Å². The Balaban J connectivity index is 1.10. The number of nitrogens with one attached hydrogen (secondary N) is 1. The van der Waals surface area contributed by atoms with Gasteiger partial charge < -0.3 is 10.2 Å². The second-order valence-corrected chi connectivity index (χ2v) is 14.0. The zero-order valence-corrected chi connectivity index (χ0v) is 23.8. The molecule has 1 N–H and O–H groups in total. The van der Waals surface area contributed by atoms with E-state index in [-0.39, 0.29) is 42.2 Å². The number of halogens is 2. The van der Waals surface area contributed by atoms with Crippen LogP contribution in [0.15, 0.2) is 16.8 Å². The normalized spacial score (nSPS) is 41.4. The molecule has 1 amide bonds. The molecule has 5 aliphatic carbocycles. The van der Waals surface area contributed by atoms with E-state index in [0.717, 1.165) is 44.2 Å². The van der Waals surface area contributed by atoms with Crippen LogP contribution in [0.5, 0.6) is 0 Å². The Morgan fingerprint density at radius 2 is 1.87 bits per heavy atom. The quantitative estimate of drug-likeness (QED) is 0.235. The van der Waals surface area contributed by atoms with Crippen LogP contribution in [0.1, 0.15) is 97.8 Å². The highest BCUT2D eigenvalue weighted by molar-refractivity contribution is 5.91. The van der Waals surface area contributed by atoms with E-state index >= 15 is 0 Å². The topological polar surface area (TPSA) is 71.0 Å². The molecule has 1 heterocycles. The van der Waals surface area contributed by atoms with Crippen LogP contribution in [-0.2, 0) is 9.63 Å². The molecule has 7 atom stereocenters. The summed E-state index contributed by atoms with van der Waals surface area (Å²) in [7, 11) is 0. The number of amides is 1. The fraction of sp³-hybridized carbons (Fsp3) is 0.839. The third kappa shape index (κ3) is 4.76. The van der Waals surface area contributed by atoms with Crippen molar-refractivity contribution in [2.24, 2.45) is 39.7 Å². The second-order valence-electron chi connectivity index (χ2n) is 14.0. The number of carbonyl (C=O) groups excluding carboxylic acids is 2. The van der Waals surface area contributed by atoms with Crippen molar-refractivity contribution < 1.29 is 23.2 Å². The van der Waals surface area contributed by atoms with Gasteiger partial charge in [0.2, 0.25) is 0 Å². The lowest BCUT2D eigenvalue weighted by Crippen LogP contribution is -2.51. The number of hydrogen-bond donors (Lipinski definition) is 1. The molecule has 0 spiro atoms. The summed E-state index contributed by atoms with van der Waals surface area (Å²) in [5.74, 6) is -0.189. The molecular formula is C31H45F2N3O3. The third-order valence-electron chi connectivity index (χ3n) is 12.0. The van der Waals surface area contributed by atoms with E-state index in [9.17, 15) is 18.4 Å². The van der Waals surface area contributed by atoms with Crippen molar-refractivity contribution in [1.29, 1.82) is 0 Å². The van der Waals surface area contributed by atoms with E-state index in [1.54, 1.807) is 4.90 Å². The molecule has 0 bridgehead atoms. The lowest BCUT2D eigenvalue weighted by molar-refractivity contribution is -0.117. The van der Waals surface area contributed by atoms with Crippen LogP contribution in [0.3, 0.4) is 0 Å². The first-order chi connectivity index (χ1) is 18.5. The number of carbonyl (C=O) groups is 2. The smallest absolute Gasteiger partial charge is 0.308 e. The maximum atomic E-state index is 14.1. The van der Waals surface area contributed by atoms with Gasteiger partial charge in [-0.1, -0.05) is 24.6 Å². The van der Waals surface area contributed by atoms with Crippen LogP contribution < -0.4 is 5.32 Å². The van der Waals surface area contributed by atoms with E-state index in [1.165, 1.54) is 24.8 Å². The number of ketones is 1. The molecule has 0 aromatic carbocycles. The fourth-order valence-corrected chi connectivity index (χ4v) is 9.60. The first-order valence-electron chi connectivity index (χ1n) is 15.4. The number of fused-ring (bicyclic) bond motifs is 5. The van der Waals surface area contributed by atoms with Crippen molar-refractivity contribution in [3.8, 4) is 0 Å². The van der Waals surface area contributed by atoms with Crippen LogP contribution in [0.4, 0.5) is 13.6 Å². The third-order valence-corrected chi connectivity index (χ3v) is 12.0. The number of rotatable bonds is 6. The molecular weight excluding hydrogens is 500 g/mol. The first kappa shape index (κ1) is 27.3. The first-order valence-corrected chi connectivity index (χ1v) is 15.4. The minimum Gasteiger partial charge on any atom is -0.308 e. The van der Waals surface area contributed by atoms with Gasteiger partial charge in [-0.25, -0.2) is 13.6 Å². The number of allylic oxidation sites excluding steroid dienone is 1. The Bertz CT molecular complexity index is 1070. The fourth-order valence-electron chi connectivity index (χ4n) is 9.60. The van der Waals surface area contributed by atoms with Crippen LogP contribution in [0.25, 0.3) is 0 Å². The second kappa shape index (κ2) is 9.92. The summed E-state index contributed by atoms with van der Waals surface area (Å²) < 4.78 is 28.1. The SMILES string of the molecule is C/C(=N\OC(=O)N(CCC1NCCC1(F)F)C1CC1)[C@H]1CC[C@H]2[C@@H]3CCC4=CC(=O)CC[C@]4(C)[C@H]3CC[C@]12C. The maximum absolute atomic E-state index is 14.1. The van der Waals surface area contributed by atoms with Gasteiger partial charge in [-0.3, -0.25) is 9.63 Å². The van der Waals surface area contributed by atoms with Crippen LogP contribution in [0.2, 0.25) is 0 Å². The van der Waals surface area contributed by atoms with Crippen molar-refractivity contribution in [2.45, 2.75) is 116 Å². The lowest BCUT2D eigenvalue weighted by atomic mass is 9.46. The monoisotopic (exact) mass is 545 g/mol. The number of alkyl halides is 2.